The third-order valence-corrected chi connectivity index (χ3v) is 4.56. The van der Waals surface area contributed by atoms with Crippen molar-refractivity contribution in [2.45, 2.75) is 71.6 Å². The summed E-state index contributed by atoms with van der Waals surface area (Å²) >= 11 is 1.32. The topological polar surface area (TPSA) is 90.9 Å². The van der Waals surface area contributed by atoms with Crippen LogP contribution in [0.3, 0.4) is 0 Å². The van der Waals surface area contributed by atoms with Crippen molar-refractivity contribution in [2.24, 2.45) is 0 Å². The minimum atomic E-state index is -0.643. The molecule has 0 aliphatic heterocycles. The molecule has 168 valence electrons. The number of ether oxygens (including phenoxy) is 3. The first-order chi connectivity index (χ1) is 13.8. The number of methoxy groups -OCH3 is 1. The summed E-state index contributed by atoms with van der Waals surface area (Å²) in [6, 6.07) is 2.88. The summed E-state index contributed by atoms with van der Waals surface area (Å²) in [6.45, 7) is 11.2. The Morgan fingerprint density at radius 3 is 2.27 bits per heavy atom. The lowest BCUT2D eigenvalue weighted by Crippen LogP contribution is -2.42. The van der Waals surface area contributed by atoms with Crippen molar-refractivity contribution in [1.29, 1.82) is 0 Å². The highest BCUT2D eigenvalue weighted by Crippen LogP contribution is 2.18. The summed E-state index contributed by atoms with van der Waals surface area (Å²) in [7, 11) is 1.34. The molecule has 0 spiro atoms. The van der Waals surface area contributed by atoms with E-state index in [0.717, 1.165) is 4.88 Å². The summed E-state index contributed by atoms with van der Waals surface area (Å²) in [5.41, 5.74) is -1.20. The van der Waals surface area contributed by atoms with Gasteiger partial charge in [0, 0.05) is 17.8 Å². The molecule has 1 N–H and O–H groups in total. The van der Waals surface area contributed by atoms with E-state index in [1.807, 2.05) is 18.2 Å². The van der Waals surface area contributed by atoms with Gasteiger partial charge in [-0.3, -0.25) is 9.59 Å². The Hall–Kier alpha value is -2.19. The third kappa shape index (κ3) is 10.5. The Kier molecular flexibility index (Phi) is 9.71. The zero-order chi connectivity index (χ0) is 22.9. The van der Waals surface area contributed by atoms with Crippen LogP contribution in [0.4, 0.5) is 0 Å². The second kappa shape index (κ2) is 11.3. The zero-order valence-corrected chi connectivity index (χ0v) is 19.7. The van der Waals surface area contributed by atoms with Gasteiger partial charge in [-0.2, -0.15) is 0 Å². The summed E-state index contributed by atoms with van der Waals surface area (Å²) in [5, 5.41) is 3.12. The van der Waals surface area contributed by atoms with Gasteiger partial charge in [0.25, 0.3) is 0 Å². The molecule has 0 aliphatic rings. The summed E-state index contributed by atoms with van der Waals surface area (Å²) < 4.78 is 15.5. The van der Waals surface area contributed by atoms with Gasteiger partial charge in [0.2, 0.25) is 0 Å². The quantitative estimate of drug-likeness (QED) is 0.460. The summed E-state index contributed by atoms with van der Waals surface area (Å²) in [6.07, 6.45) is 4.07. The Labute approximate surface area is 182 Å². The van der Waals surface area contributed by atoms with Crippen LogP contribution in [0.5, 0.6) is 0 Å². The fourth-order valence-corrected chi connectivity index (χ4v) is 3.23. The first-order valence-electron chi connectivity index (χ1n) is 9.83. The first-order valence-corrected chi connectivity index (χ1v) is 10.6. The fraction of sp³-hybridized carbons (Fsp3) is 0.591. The molecule has 1 aromatic heterocycles. The molecule has 0 bridgehead atoms. The van der Waals surface area contributed by atoms with E-state index in [1.54, 1.807) is 47.6 Å². The van der Waals surface area contributed by atoms with E-state index in [2.05, 4.69) is 5.32 Å². The van der Waals surface area contributed by atoms with Gasteiger partial charge in [0.05, 0.1) is 7.11 Å². The van der Waals surface area contributed by atoms with E-state index >= 15 is 0 Å². The number of carbonyl (C=O) groups excluding carboxylic acids is 3. The van der Waals surface area contributed by atoms with E-state index < -0.39 is 23.2 Å². The molecule has 8 heteroatoms. The van der Waals surface area contributed by atoms with Gasteiger partial charge in [0.1, 0.15) is 22.1 Å². The van der Waals surface area contributed by atoms with Crippen molar-refractivity contribution in [3.8, 4) is 0 Å². The normalized spacial score (nSPS) is 13.2. The van der Waals surface area contributed by atoms with Crippen LogP contribution in [0.2, 0.25) is 0 Å². The molecule has 0 aliphatic carbocycles. The molecule has 0 saturated heterocycles. The third-order valence-electron chi connectivity index (χ3n) is 3.53. The maximum atomic E-state index is 12.5. The minimum absolute atomic E-state index is 0.102. The molecule has 0 saturated carbocycles. The van der Waals surface area contributed by atoms with E-state index in [4.69, 9.17) is 14.2 Å². The standard InChI is InChI=1S/C22H33NO6S/c1-21(2,3)28-18(24)13-11-16(19(25)29-22(4,5)6)23-14-8-9-15-10-12-17(30-15)20(26)27-7/h8-10,12,16,23H,11,13-14H2,1-7H3. The van der Waals surface area contributed by atoms with Crippen LogP contribution in [0.15, 0.2) is 18.2 Å². The molecule has 7 nitrogen and oxygen atoms in total. The van der Waals surface area contributed by atoms with Crippen LogP contribution in [0.1, 0.15) is 68.9 Å². The smallest absolute Gasteiger partial charge is 0.348 e. The number of hydrogen-bond acceptors (Lipinski definition) is 8. The number of nitrogens with one attached hydrogen (secondary N) is 1. The molecule has 1 atom stereocenters. The van der Waals surface area contributed by atoms with Crippen LogP contribution in [-0.4, -0.2) is 48.8 Å². The van der Waals surface area contributed by atoms with E-state index in [-0.39, 0.29) is 24.8 Å². The predicted molar refractivity (Wildman–Crippen MR) is 117 cm³/mol. The van der Waals surface area contributed by atoms with Crippen LogP contribution in [0.25, 0.3) is 6.08 Å². The van der Waals surface area contributed by atoms with Crippen molar-refractivity contribution < 1.29 is 28.6 Å². The fourth-order valence-electron chi connectivity index (χ4n) is 2.37. The molecule has 0 amide bonds. The van der Waals surface area contributed by atoms with E-state index in [1.165, 1.54) is 18.4 Å². The Bertz CT molecular complexity index is 754. The predicted octanol–water partition coefficient (Wildman–Crippen LogP) is 3.97. The monoisotopic (exact) mass is 439 g/mol. The van der Waals surface area contributed by atoms with Gasteiger partial charge in [0.15, 0.2) is 0 Å². The molecular weight excluding hydrogens is 406 g/mol. The number of rotatable bonds is 9. The maximum Gasteiger partial charge on any atom is 0.348 e. The molecule has 0 aromatic carbocycles. The van der Waals surface area contributed by atoms with Gasteiger partial charge in [-0.25, -0.2) is 4.79 Å². The highest BCUT2D eigenvalue weighted by Gasteiger charge is 2.26. The Morgan fingerprint density at radius 2 is 1.70 bits per heavy atom. The first kappa shape index (κ1) is 25.8. The van der Waals surface area contributed by atoms with Crippen molar-refractivity contribution in [3.63, 3.8) is 0 Å². The molecule has 0 radical (unpaired) electrons. The van der Waals surface area contributed by atoms with Gasteiger partial charge in [-0.1, -0.05) is 6.08 Å². The summed E-state index contributed by atoms with van der Waals surface area (Å²) in [4.78, 5) is 37.5. The van der Waals surface area contributed by atoms with Crippen molar-refractivity contribution >= 4 is 35.3 Å². The van der Waals surface area contributed by atoms with E-state index in [9.17, 15) is 14.4 Å². The highest BCUT2D eigenvalue weighted by atomic mass is 32.1. The van der Waals surface area contributed by atoms with Crippen LogP contribution < -0.4 is 5.32 Å². The van der Waals surface area contributed by atoms with Crippen molar-refractivity contribution in [2.75, 3.05) is 13.7 Å². The van der Waals surface area contributed by atoms with Crippen LogP contribution in [-0.2, 0) is 23.8 Å². The Morgan fingerprint density at radius 1 is 1.07 bits per heavy atom. The van der Waals surface area contributed by atoms with Crippen molar-refractivity contribution in [1.82, 2.24) is 5.32 Å². The van der Waals surface area contributed by atoms with Gasteiger partial charge in [-0.05, 0) is 66.2 Å². The lowest BCUT2D eigenvalue weighted by Gasteiger charge is -2.25. The van der Waals surface area contributed by atoms with Gasteiger partial charge in [-0.15, -0.1) is 11.3 Å². The second-order valence-electron chi connectivity index (χ2n) is 8.72. The van der Waals surface area contributed by atoms with Gasteiger partial charge < -0.3 is 19.5 Å². The summed E-state index contributed by atoms with van der Waals surface area (Å²) in [5.74, 6) is -1.14. The van der Waals surface area contributed by atoms with Gasteiger partial charge >= 0.3 is 17.9 Å². The molecular formula is C22H33NO6S. The molecule has 1 heterocycles. The molecule has 0 fully saturated rings. The Balaban J connectivity index is 2.68. The maximum absolute atomic E-state index is 12.5. The number of thiophene rings is 1. The lowest BCUT2D eigenvalue weighted by atomic mass is 10.1. The number of esters is 3. The molecule has 30 heavy (non-hydrogen) atoms. The lowest BCUT2D eigenvalue weighted by molar-refractivity contribution is -0.158. The van der Waals surface area contributed by atoms with Crippen molar-refractivity contribution in [3.05, 3.63) is 28.0 Å². The largest absolute Gasteiger partial charge is 0.465 e. The van der Waals surface area contributed by atoms with Crippen LogP contribution in [0, 0.1) is 0 Å². The average Bonchev–Trinajstić information content (AvgIpc) is 3.06. The SMILES string of the molecule is COC(=O)c1ccc(C=CCNC(CCC(=O)OC(C)(C)C)C(=O)OC(C)(C)C)s1. The molecule has 1 aromatic rings. The van der Waals surface area contributed by atoms with E-state index in [0.29, 0.717) is 11.4 Å². The van der Waals surface area contributed by atoms with Crippen LogP contribution >= 0.6 is 11.3 Å². The molecule has 1 rings (SSSR count). The number of hydrogen-bond donors (Lipinski definition) is 1. The zero-order valence-electron chi connectivity index (χ0n) is 18.9. The highest BCUT2D eigenvalue weighted by molar-refractivity contribution is 7.14. The minimum Gasteiger partial charge on any atom is -0.465 e. The molecule has 1 unspecified atom stereocenters. The average molecular weight is 440 g/mol. The second-order valence-corrected chi connectivity index (χ2v) is 9.83. The number of carbonyl (C=O) groups is 3.